The lowest BCUT2D eigenvalue weighted by Gasteiger charge is -2.17. The Hall–Kier alpha value is -2.69. The fourth-order valence-electron chi connectivity index (χ4n) is 2.06. The maximum Gasteiger partial charge on any atom is 0.265 e. The number of carbonyl (C=O) groups excluding carboxylic acids is 1. The zero-order chi connectivity index (χ0) is 16.7. The lowest BCUT2D eigenvalue weighted by Crippen LogP contribution is -2.32. The van der Waals surface area contributed by atoms with E-state index < -0.39 is 6.10 Å². The largest absolute Gasteiger partial charge is 0.497 e. The number of methoxy groups -OCH3 is 2. The summed E-state index contributed by atoms with van der Waals surface area (Å²) in [5.41, 5.74) is 0.672. The van der Waals surface area contributed by atoms with Crippen LogP contribution in [0.2, 0.25) is 0 Å². The Morgan fingerprint density at radius 2 is 1.65 bits per heavy atom. The van der Waals surface area contributed by atoms with Gasteiger partial charge in [-0.05, 0) is 42.8 Å². The molecule has 1 atom stereocenters. The van der Waals surface area contributed by atoms with Crippen LogP contribution in [0.5, 0.6) is 17.2 Å². The van der Waals surface area contributed by atoms with Gasteiger partial charge in [-0.2, -0.15) is 0 Å². The summed E-state index contributed by atoms with van der Waals surface area (Å²) in [6.07, 6.45) is -0.0171. The second kappa shape index (κ2) is 8.08. The van der Waals surface area contributed by atoms with E-state index >= 15 is 0 Å². The number of anilines is 1. The molecule has 23 heavy (non-hydrogen) atoms. The average Bonchev–Trinajstić information content (AvgIpc) is 2.60. The third-order valence-electron chi connectivity index (χ3n) is 3.34. The fourth-order valence-corrected chi connectivity index (χ4v) is 2.06. The molecular weight excluding hydrogens is 294 g/mol. The van der Waals surface area contributed by atoms with Crippen LogP contribution < -0.4 is 19.5 Å². The molecular formula is C18H21NO4. The molecule has 0 aliphatic heterocycles. The molecule has 5 nitrogen and oxygen atoms in total. The molecule has 122 valence electrons. The van der Waals surface area contributed by atoms with Crippen molar-refractivity contribution >= 4 is 11.6 Å². The maximum absolute atomic E-state index is 12.4. The van der Waals surface area contributed by atoms with Gasteiger partial charge in [0, 0.05) is 11.8 Å². The Labute approximate surface area is 136 Å². The van der Waals surface area contributed by atoms with Crippen molar-refractivity contribution in [3.05, 3.63) is 48.5 Å². The highest BCUT2D eigenvalue weighted by atomic mass is 16.5. The highest BCUT2D eigenvalue weighted by Crippen LogP contribution is 2.20. The van der Waals surface area contributed by atoms with E-state index in [4.69, 9.17) is 14.2 Å². The van der Waals surface area contributed by atoms with Gasteiger partial charge in [-0.1, -0.05) is 13.0 Å². The van der Waals surface area contributed by atoms with Crippen molar-refractivity contribution in [2.75, 3.05) is 19.5 Å². The van der Waals surface area contributed by atoms with Crippen LogP contribution in [0, 0.1) is 0 Å². The molecule has 0 spiro atoms. The first-order valence-corrected chi connectivity index (χ1v) is 7.42. The molecule has 5 heteroatoms. The first kappa shape index (κ1) is 16.7. The van der Waals surface area contributed by atoms with E-state index in [1.165, 1.54) is 0 Å². The van der Waals surface area contributed by atoms with Gasteiger partial charge >= 0.3 is 0 Å². The molecule has 0 fully saturated rings. The maximum atomic E-state index is 12.4. The van der Waals surface area contributed by atoms with Gasteiger partial charge < -0.3 is 19.5 Å². The second-order valence-corrected chi connectivity index (χ2v) is 4.91. The Morgan fingerprint density at radius 1 is 1.00 bits per heavy atom. The van der Waals surface area contributed by atoms with Gasteiger partial charge in [0.25, 0.3) is 5.91 Å². The molecule has 0 radical (unpaired) electrons. The molecule has 0 aliphatic carbocycles. The van der Waals surface area contributed by atoms with E-state index in [0.717, 1.165) is 5.75 Å². The summed E-state index contributed by atoms with van der Waals surface area (Å²) in [4.78, 5) is 12.4. The Kier molecular flexibility index (Phi) is 5.86. The molecule has 1 amide bonds. The van der Waals surface area contributed by atoms with Gasteiger partial charge in [0.1, 0.15) is 17.2 Å². The molecule has 2 aromatic rings. The lowest BCUT2D eigenvalue weighted by atomic mass is 10.2. The molecule has 2 aromatic carbocycles. The topological polar surface area (TPSA) is 56.8 Å². The SMILES string of the molecule is CC[C@H](Oc1ccc(OC)cc1)C(=O)Nc1cccc(OC)c1. The van der Waals surface area contributed by atoms with Gasteiger partial charge in [-0.25, -0.2) is 0 Å². The minimum Gasteiger partial charge on any atom is -0.497 e. The smallest absolute Gasteiger partial charge is 0.265 e. The number of ether oxygens (including phenoxy) is 3. The second-order valence-electron chi connectivity index (χ2n) is 4.91. The van der Waals surface area contributed by atoms with Gasteiger partial charge in [-0.3, -0.25) is 4.79 Å². The first-order valence-electron chi connectivity index (χ1n) is 7.42. The molecule has 0 saturated heterocycles. The summed E-state index contributed by atoms with van der Waals surface area (Å²) in [7, 11) is 3.19. The summed E-state index contributed by atoms with van der Waals surface area (Å²) in [5.74, 6) is 1.85. The van der Waals surface area contributed by atoms with Crippen LogP contribution in [0.25, 0.3) is 0 Å². The number of hydrogen-bond acceptors (Lipinski definition) is 4. The molecule has 0 aliphatic rings. The van der Waals surface area contributed by atoms with Crippen molar-refractivity contribution in [1.29, 1.82) is 0 Å². The summed E-state index contributed by atoms with van der Waals surface area (Å²) in [6.45, 7) is 1.90. The standard InChI is InChI=1S/C18H21NO4/c1-4-17(23-15-10-8-14(21-2)9-11-15)18(20)19-13-6-5-7-16(12-13)22-3/h5-12,17H,4H2,1-3H3,(H,19,20)/t17-/m0/s1. The lowest BCUT2D eigenvalue weighted by molar-refractivity contribution is -0.122. The van der Waals surface area contributed by atoms with Crippen molar-refractivity contribution in [2.24, 2.45) is 0 Å². The number of amides is 1. The Morgan fingerprint density at radius 3 is 2.26 bits per heavy atom. The van der Waals surface area contributed by atoms with Gasteiger partial charge in [0.2, 0.25) is 0 Å². The highest BCUT2D eigenvalue weighted by molar-refractivity contribution is 5.94. The minimum atomic E-state index is -0.574. The molecule has 0 saturated carbocycles. The van der Waals surface area contributed by atoms with Gasteiger partial charge in [0.15, 0.2) is 6.10 Å². The number of hydrogen-bond donors (Lipinski definition) is 1. The van der Waals surface area contributed by atoms with E-state index in [2.05, 4.69) is 5.32 Å². The molecule has 0 bridgehead atoms. The zero-order valence-electron chi connectivity index (χ0n) is 13.5. The van der Waals surface area contributed by atoms with E-state index in [1.54, 1.807) is 50.6 Å². The molecule has 0 unspecified atom stereocenters. The average molecular weight is 315 g/mol. The van der Waals surface area contributed by atoms with Crippen LogP contribution >= 0.6 is 0 Å². The highest BCUT2D eigenvalue weighted by Gasteiger charge is 2.18. The predicted molar refractivity (Wildman–Crippen MR) is 89.3 cm³/mol. The zero-order valence-corrected chi connectivity index (χ0v) is 13.5. The van der Waals surface area contributed by atoms with Gasteiger partial charge in [0.05, 0.1) is 14.2 Å². The molecule has 0 heterocycles. The molecule has 1 N–H and O–H groups in total. The first-order chi connectivity index (χ1) is 11.2. The number of rotatable bonds is 7. The van der Waals surface area contributed by atoms with Crippen LogP contribution in [-0.4, -0.2) is 26.2 Å². The van der Waals surface area contributed by atoms with Crippen molar-refractivity contribution < 1.29 is 19.0 Å². The fraction of sp³-hybridized carbons (Fsp3) is 0.278. The van der Waals surface area contributed by atoms with Crippen molar-refractivity contribution in [3.8, 4) is 17.2 Å². The van der Waals surface area contributed by atoms with E-state index in [9.17, 15) is 4.79 Å². The molecule has 2 rings (SSSR count). The Bertz CT molecular complexity index is 640. The third-order valence-corrected chi connectivity index (χ3v) is 3.34. The van der Waals surface area contributed by atoms with E-state index in [0.29, 0.717) is 23.6 Å². The monoisotopic (exact) mass is 315 g/mol. The summed E-state index contributed by atoms with van der Waals surface area (Å²) >= 11 is 0. The van der Waals surface area contributed by atoms with Crippen molar-refractivity contribution in [2.45, 2.75) is 19.4 Å². The normalized spacial score (nSPS) is 11.4. The summed E-state index contributed by atoms with van der Waals surface area (Å²) in [5, 5.41) is 2.84. The minimum absolute atomic E-state index is 0.198. The summed E-state index contributed by atoms with van der Waals surface area (Å²) in [6, 6.07) is 14.4. The van der Waals surface area contributed by atoms with Crippen LogP contribution in [0.4, 0.5) is 5.69 Å². The number of benzene rings is 2. The predicted octanol–water partition coefficient (Wildman–Crippen LogP) is 3.50. The van der Waals surface area contributed by atoms with E-state index in [-0.39, 0.29) is 5.91 Å². The van der Waals surface area contributed by atoms with Crippen LogP contribution in [0.1, 0.15) is 13.3 Å². The quantitative estimate of drug-likeness (QED) is 0.849. The third kappa shape index (κ3) is 4.64. The number of nitrogens with one attached hydrogen (secondary N) is 1. The van der Waals surface area contributed by atoms with Crippen LogP contribution in [0.3, 0.4) is 0 Å². The van der Waals surface area contributed by atoms with Crippen LogP contribution in [0.15, 0.2) is 48.5 Å². The summed E-state index contributed by atoms with van der Waals surface area (Å²) < 4.78 is 16.0. The number of carbonyl (C=O) groups is 1. The molecule has 0 aromatic heterocycles. The van der Waals surface area contributed by atoms with Crippen molar-refractivity contribution in [1.82, 2.24) is 0 Å². The van der Waals surface area contributed by atoms with Crippen molar-refractivity contribution in [3.63, 3.8) is 0 Å². The van der Waals surface area contributed by atoms with E-state index in [1.807, 2.05) is 19.1 Å². The Balaban J connectivity index is 2.02. The van der Waals surface area contributed by atoms with Crippen LogP contribution in [-0.2, 0) is 4.79 Å². The van der Waals surface area contributed by atoms with Gasteiger partial charge in [-0.15, -0.1) is 0 Å².